The van der Waals surface area contributed by atoms with E-state index in [9.17, 15) is 4.79 Å². The van der Waals surface area contributed by atoms with Crippen LogP contribution >= 0.6 is 0 Å². The standard InChI is InChI=1S/C17H24N4O/c1-13(15-2-5-18-6-3-15)10-17(22)20-12-14-4-8-21-9-7-19-16(21)11-14/h4,7-9,11,13,15,18H,2-3,5-6,10,12H2,1H3,(H,20,22). The molecule has 2 N–H and O–H groups in total. The molecule has 3 rings (SSSR count). The number of imidazole rings is 1. The van der Waals surface area contributed by atoms with Gasteiger partial charge in [-0.25, -0.2) is 4.98 Å². The van der Waals surface area contributed by atoms with E-state index in [2.05, 4.69) is 22.5 Å². The number of pyridine rings is 1. The molecular weight excluding hydrogens is 276 g/mol. The summed E-state index contributed by atoms with van der Waals surface area (Å²) < 4.78 is 1.96. The average molecular weight is 300 g/mol. The number of nitrogens with one attached hydrogen (secondary N) is 2. The number of nitrogens with zero attached hydrogens (tertiary/aromatic N) is 2. The average Bonchev–Trinajstić information content (AvgIpc) is 3.01. The van der Waals surface area contributed by atoms with Crippen LogP contribution in [-0.4, -0.2) is 28.4 Å². The third-order valence-electron chi connectivity index (χ3n) is 4.65. The van der Waals surface area contributed by atoms with Crippen LogP contribution in [0.5, 0.6) is 0 Å². The second kappa shape index (κ2) is 6.92. The highest BCUT2D eigenvalue weighted by Crippen LogP contribution is 2.24. The molecule has 0 spiro atoms. The summed E-state index contributed by atoms with van der Waals surface area (Å²) in [7, 11) is 0. The van der Waals surface area contributed by atoms with E-state index in [-0.39, 0.29) is 5.91 Å². The predicted molar refractivity (Wildman–Crippen MR) is 86.4 cm³/mol. The Kier molecular flexibility index (Phi) is 4.73. The van der Waals surface area contributed by atoms with Crippen LogP contribution in [0.2, 0.25) is 0 Å². The molecule has 1 aliphatic heterocycles. The fourth-order valence-corrected chi connectivity index (χ4v) is 3.21. The van der Waals surface area contributed by atoms with Gasteiger partial charge in [-0.3, -0.25) is 4.79 Å². The van der Waals surface area contributed by atoms with E-state index in [1.54, 1.807) is 6.20 Å². The van der Waals surface area contributed by atoms with E-state index < -0.39 is 0 Å². The van der Waals surface area contributed by atoms with Crippen LogP contribution in [0.25, 0.3) is 5.65 Å². The first-order chi connectivity index (χ1) is 10.7. The van der Waals surface area contributed by atoms with Crippen molar-refractivity contribution in [2.45, 2.75) is 32.7 Å². The summed E-state index contributed by atoms with van der Waals surface area (Å²) in [6, 6.07) is 4.03. The maximum absolute atomic E-state index is 12.1. The van der Waals surface area contributed by atoms with Crippen LogP contribution in [0.3, 0.4) is 0 Å². The van der Waals surface area contributed by atoms with Crippen molar-refractivity contribution in [2.24, 2.45) is 11.8 Å². The van der Waals surface area contributed by atoms with Gasteiger partial charge in [0.15, 0.2) is 0 Å². The maximum Gasteiger partial charge on any atom is 0.220 e. The van der Waals surface area contributed by atoms with Crippen LogP contribution in [0, 0.1) is 11.8 Å². The summed E-state index contributed by atoms with van der Waals surface area (Å²) in [5.41, 5.74) is 2.00. The predicted octanol–water partition coefficient (Wildman–Crippen LogP) is 1.98. The molecule has 1 unspecified atom stereocenters. The van der Waals surface area contributed by atoms with Crippen molar-refractivity contribution in [3.05, 3.63) is 36.3 Å². The van der Waals surface area contributed by atoms with Gasteiger partial charge in [-0.1, -0.05) is 6.92 Å². The molecule has 3 heterocycles. The SMILES string of the molecule is CC(CC(=O)NCc1ccn2ccnc2c1)C1CCNCC1. The van der Waals surface area contributed by atoms with Gasteiger partial charge in [0.1, 0.15) is 5.65 Å². The number of piperidine rings is 1. The molecule has 5 nitrogen and oxygen atoms in total. The summed E-state index contributed by atoms with van der Waals surface area (Å²) in [6.45, 7) is 4.94. The normalized spacial score (nSPS) is 17.5. The van der Waals surface area contributed by atoms with Gasteiger partial charge in [-0.15, -0.1) is 0 Å². The molecule has 1 fully saturated rings. The summed E-state index contributed by atoms with van der Waals surface area (Å²) in [4.78, 5) is 16.4. The van der Waals surface area contributed by atoms with Gasteiger partial charge in [0.05, 0.1) is 0 Å². The number of fused-ring (bicyclic) bond motifs is 1. The lowest BCUT2D eigenvalue weighted by Gasteiger charge is -2.27. The highest BCUT2D eigenvalue weighted by molar-refractivity contribution is 5.76. The topological polar surface area (TPSA) is 58.4 Å². The van der Waals surface area contributed by atoms with Gasteiger partial charge in [-0.05, 0) is 55.5 Å². The zero-order chi connectivity index (χ0) is 15.4. The Morgan fingerprint density at radius 3 is 3.09 bits per heavy atom. The van der Waals surface area contributed by atoms with Gasteiger partial charge < -0.3 is 15.0 Å². The summed E-state index contributed by atoms with van der Waals surface area (Å²) in [6.07, 6.45) is 8.66. The number of hydrogen-bond acceptors (Lipinski definition) is 3. The molecule has 1 saturated heterocycles. The smallest absolute Gasteiger partial charge is 0.220 e. The second-order valence-corrected chi connectivity index (χ2v) is 6.27. The molecular formula is C17H24N4O. The van der Waals surface area contributed by atoms with Crippen LogP contribution < -0.4 is 10.6 Å². The van der Waals surface area contributed by atoms with Crippen molar-refractivity contribution in [1.29, 1.82) is 0 Å². The molecule has 2 aromatic rings. The Balaban J connectivity index is 1.48. The number of amides is 1. The van der Waals surface area contributed by atoms with Crippen LogP contribution in [0.15, 0.2) is 30.7 Å². The molecule has 0 bridgehead atoms. The van der Waals surface area contributed by atoms with E-state index in [1.165, 1.54) is 12.8 Å². The molecule has 1 amide bonds. The van der Waals surface area contributed by atoms with Gasteiger partial charge in [0.25, 0.3) is 0 Å². The Morgan fingerprint density at radius 2 is 2.27 bits per heavy atom. The molecule has 1 aliphatic rings. The highest BCUT2D eigenvalue weighted by atomic mass is 16.1. The maximum atomic E-state index is 12.1. The van der Waals surface area contributed by atoms with Crippen molar-refractivity contribution in [3.63, 3.8) is 0 Å². The highest BCUT2D eigenvalue weighted by Gasteiger charge is 2.21. The molecule has 0 aliphatic carbocycles. The monoisotopic (exact) mass is 300 g/mol. The molecule has 5 heteroatoms. The largest absolute Gasteiger partial charge is 0.352 e. The molecule has 0 aromatic carbocycles. The fourth-order valence-electron chi connectivity index (χ4n) is 3.21. The molecule has 1 atom stereocenters. The quantitative estimate of drug-likeness (QED) is 0.887. The van der Waals surface area contributed by atoms with Crippen LogP contribution in [0.1, 0.15) is 31.7 Å². The summed E-state index contributed by atoms with van der Waals surface area (Å²) in [5, 5.41) is 6.41. The second-order valence-electron chi connectivity index (χ2n) is 6.27. The lowest BCUT2D eigenvalue weighted by molar-refractivity contribution is -0.122. The Morgan fingerprint density at radius 1 is 1.45 bits per heavy atom. The number of carbonyl (C=O) groups excluding carboxylic acids is 1. The third-order valence-corrected chi connectivity index (χ3v) is 4.65. The lowest BCUT2D eigenvalue weighted by atomic mass is 9.84. The zero-order valence-corrected chi connectivity index (χ0v) is 13.1. The van der Waals surface area contributed by atoms with Gasteiger partial charge in [0, 0.05) is 31.6 Å². The van der Waals surface area contributed by atoms with Gasteiger partial charge in [0.2, 0.25) is 5.91 Å². The summed E-state index contributed by atoms with van der Waals surface area (Å²) in [5.74, 6) is 1.28. The lowest BCUT2D eigenvalue weighted by Crippen LogP contribution is -2.33. The van der Waals surface area contributed by atoms with E-state index in [1.807, 2.05) is 28.9 Å². The van der Waals surface area contributed by atoms with Crippen molar-refractivity contribution < 1.29 is 4.79 Å². The molecule has 2 aromatic heterocycles. The molecule has 0 saturated carbocycles. The van der Waals surface area contributed by atoms with E-state index >= 15 is 0 Å². The van der Waals surface area contributed by atoms with Gasteiger partial charge in [-0.2, -0.15) is 0 Å². The first-order valence-corrected chi connectivity index (χ1v) is 8.11. The first-order valence-electron chi connectivity index (χ1n) is 8.11. The summed E-state index contributed by atoms with van der Waals surface area (Å²) >= 11 is 0. The van der Waals surface area contributed by atoms with Crippen LogP contribution in [0.4, 0.5) is 0 Å². The van der Waals surface area contributed by atoms with Crippen LogP contribution in [-0.2, 0) is 11.3 Å². The van der Waals surface area contributed by atoms with Crippen molar-refractivity contribution >= 4 is 11.6 Å². The van der Waals surface area contributed by atoms with Crippen molar-refractivity contribution in [2.75, 3.05) is 13.1 Å². The molecule has 22 heavy (non-hydrogen) atoms. The Bertz CT molecular complexity index is 630. The van der Waals surface area contributed by atoms with E-state index in [4.69, 9.17) is 0 Å². The van der Waals surface area contributed by atoms with Crippen molar-refractivity contribution in [3.8, 4) is 0 Å². The fraction of sp³-hybridized carbons (Fsp3) is 0.529. The van der Waals surface area contributed by atoms with Crippen molar-refractivity contribution in [1.82, 2.24) is 20.0 Å². The number of rotatable bonds is 5. The minimum Gasteiger partial charge on any atom is -0.352 e. The van der Waals surface area contributed by atoms with E-state index in [0.29, 0.717) is 24.8 Å². The zero-order valence-electron chi connectivity index (χ0n) is 13.1. The molecule has 0 radical (unpaired) electrons. The number of carbonyl (C=O) groups is 1. The Hall–Kier alpha value is -1.88. The minimum absolute atomic E-state index is 0.147. The van der Waals surface area contributed by atoms with Gasteiger partial charge >= 0.3 is 0 Å². The Labute approximate surface area is 131 Å². The van der Waals surface area contributed by atoms with E-state index in [0.717, 1.165) is 24.3 Å². The molecule has 118 valence electrons. The minimum atomic E-state index is 0.147. The number of hydrogen-bond donors (Lipinski definition) is 2. The third kappa shape index (κ3) is 3.65. The number of aromatic nitrogens is 2. The first kappa shape index (κ1) is 15.0.